The molecule has 2 heterocycles. The highest BCUT2D eigenvalue weighted by Gasteiger charge is 2.45. The van der Waals surface area contributed by atoms with Crippen LogP contribution in [0.15, 0.2) is 27.4 Å². The third-order valence-electron chi connectivity index (χ3n) is 5.21. The first-order chi connectivity index (χ1) is 14.1. The first kappa shape index (κ1) is 20.2. The summed E-state index contributed by atoms with van der Waals surface area (Å²) in [6.45, 7) is -0.750. The molecule has 11 heteroatoms. The topological polar surface area (TPSA) is 204 Å². The number of fused-ring (bicyclic) bond motifs is 2. The van der Waals surface area contributed by atoms with E-state index in [4.69, 9.17) is 9.15 Å². The van der Waals surface area contributed by atoms with E-state index in [1.54, 1.807) is 0 Å². The SMILES string of the molecule is O=c1c2cc(O)c(O)cc2oc2cc(O)c(C3OC(CO)C(O)C(O)C3O)c([O-])c12. The number of benzene rings is 2. The molecule has 160 valence electrons. The third-order valence-corrected chi connectivity index (χ3v) is 5.21. The standard InChI is InChI=1S/C19H18O11/c20-4-11-15(25)17(27)18(28)19(30-11)12-8(23)3-10-13(16(12)26)14(24)5-1-6(21)7(22)2-9(5)29-10/h1-3,11,15,17-23,25-28H,4H2/p-1. The van der Waals surface area contributed by atoms with Gasteiger partial charge in [-0.1, -0.05) is 5.75 Å². The normalized spacial score (nSPS) is 27.0. The molecule has 5 atom stereocenters. The molecular formula is C19H17O11-. The van der Waals surface area contributed by atoms with Gasteiger partial charge < -0.3 is 50.0 Å². The summed E-state index contributed by atoms with van der Waals surface area (Å²) in [5.41, 5.74) is -1.93. The maximum absolute atomic E-state index is 13.1. The fourth-order valence-corrected chi connectivity index (χ4v) is 3.62. The number of phenols is 3. The van der Waals surface area contributed by atoms with E-state index in [9.17, 15) is 45.6 Å². The Bertz CT molecular complexity index is 1200. The quantitative estimate of drug-likeness (QED) is 0.190. The van der Waals surface area contributed by atoms with Gasteiger partial charge in [-0.15, -0.1) is 0 Å². The molecule has 1 aliphatic rings. The van der Waals surface area contributed by atoms with Gasteiger partial charge in [0, 0.05) is 17.7 Å². The minimum atomic E-state index is -1.85. The van der Waals surface area contributed by atoms with Crippen LogP contribution < -0.4 is 10.5 Å². The Morgan fingerprint density at radius 1 is 0.900 bits per heavy atom. The summed E-state index contributed by atoms with van der Waals surface area (Å²) in [5.74, 6) is -2.97. The van der Waals surface area contributed by atoms with Gasteiger partial charge in [0.05, 0.1) is 17.4 Å². The summed E-state index contributed by atoms with van der Waals surface area (Å²) < 4.78 is 10.7. The first-order valence-corrected chi connectivity index (χ1v) is 8.81. The summed E-state index contributed by atoms with van der Waals surface area (Å²) in [6, 6.07) is 2.81. The van der Waals surface area contributed by atoms with Crippen molar-refractivity contribution >= 4 is 21.9 Å². The molecule has 5 unspecified atom stereocenters. The van der Waals surface area contributed by atoms with Gasteiger partial charge in [-0.3, -0.25) is 4.79 Å². The number of rotatable bonds is 2. The van der Waals surface area contributed by atoms with Crippen LogP contribution in [0.25, 0.3) is 21.9 Å². The van der Waals surface area contributed by atoms with Gasteiger partial charge in [-0.2, -0.15) is 0 Å². The Hall–Kier alpha value is -3.09. The number of hydrogen-bond donors (Lipinski definition) is 7. The fraction of sp³-hybridized carbons (Fsp3) is 0.316. The number of aliphatic hydroxyl groups is 4. The van der Waals surface area contributed by atoms with Crippen molar-refractivity contribution < 1.29 is 50.0 Å². The predicted molar refractivity (Wildman–Crippen MR) is 97.2 cm³/mol. The molecule has 4 rings (SSSR count). The first-order valence-electron chi connectivity index (χ1n) is 8.81. The molecule has 1 aliphatic heterocycles. The maximum Gasteiger partial charge on any atom is 0.200 e. The van der Waals surface area contributed by atoms with Crippen molar-refractivity contribution in [3.8, 4) is 23.0 Å². The zero-order valence-electron chi connectivity index (χ0n) is 15.1. The maximum atomic E-state index is 13.1. The van der Waals surface area contributed by atoms with E-state index in [-0.39, 0.29) is 16.6 Å². The average Bonchev–Trinajstić information content (AvgIpc) is 2.69. The number of aromatic hydroxyl groups is 3. The molecule has 3 aromatic rings. The van der Waals surface area contributed by atoms with E-state index in [2.05, 4.69) is 0 Å². The van der Waals surface area contributed by atoms with Crippen molar-refractivity contribution in [3.05, 3.63) is 34.0 Å². The van der Waals surface area contributed by atoms with E-state index >= 15 is 0 Å². The predicted octanol–water partition coefficient (Wildman–Crippen LogP) is -1.35. The van der Waals surface area contributed by atoms with E-state index in [0.717, 1.165) is 18.2 Å². The smallest absolute Gasteiger partial charge is 0.200 e. The van der Waals surface area contributed by atoms with Crippen LogP contribution in [-0.2, 0) is 4.74 Å². The van der Waals surface area contributed by atoms with Crippen molar-refractivity contribution in [1.82, 2.24) is 0 Å². The van der Waals surface area contributed by atoms with Crippen LogP contribution in [0.1, 0.15) is 11.7 Å². The number of hydrogen-bond acceptors (Lipinski definition) is 11. The largest absolute Gasteiger partial charge is 0.872 e. The zero-order valence-corrected chi connectivity index (χ0v) is 15.1. The summed E-state index contributed by atoms with van der Waals surface area (Å²) in [6.07, 6.45) is -8.34. The highest BCUT2D eigenvalue weighted by Crippen LogP contribution is 2.43. The Kier molecular flexibility index (Phi) is 4.71. The lowest BCUT2D eigenvalue weighted by Gasteiger charge is -2.41. The second kappa shape index (κ2) is 7.00. The molecule has 0 bridgehead atoms. The van der Waals surface area contributed by atoms with Gasteiger partial charge in [-0.05, 0) is 6.07 Å². The van der Waals surface area contributed by atoms with Gasteiger partial charge in [0.2, 0.25) is 0 Å². The molecule has 30 heavy (non-hydrogen) atoms. The Balaban J connectivity index is 1.98. The van der Waals surface area contributed by atoms with Crippen LogP contribution in [0.5, 0.6) is 23.0 Å². The molecule has 0 radical (unpaired) electrons. The Morgan fingerprint density at radius 3 is 2.20 bits per heavy atom. The molecule has 0 spiro atoms. The number of phenolic OH excluding ortho intramolecular Hbond substituents is 3. The average molecular weight is 421 g/mol. The molecule has 1 aromatic heterocycles. The summed E-state index contributed by atoms with van der Waals surface area (Å²) in [7, 11) is 0. The minimum Gasteiger partial charge on any atom is -0.872 e. The summed E-state index contributed by atoms with van der Waals surface area (Å²) >= 11 is 0. The van der Waals surface area contributed by atoms with Gasteiger partial charge >= 0.3 is 0 Å². The van der Waals surface area contributed by atoms with Crippen molar-refractivity contribution in [2.45, 2.75) is 30.5 Å². The molecule has 0 aliphatic carbocycles. The molecule has 0 amide bonds. The van der Waals surface area contributed by atoms with Crippen LogP contribution >= 0.6 is 0 Å². The minimum absolute atomic E-state index is 0.151. The van der Waals surface area contributed by atoms with Crippen molar-refractivity contribution in [3.63, 3.8) is 0 Å². The lowest BCUT2D eigenvalue weighted by atomic mass is 9.89. The second-order valence-corrected chi connectivity index (χ2v) is 7.03. The monoisotopic (exact) mass is 421 g/mol. The number of ether oxygens (including phenoxy) is 1. The fourth-order valence-electron chi connectivity index (χ4n) is 3.62. The van der Waals surface area contributed by atoms with E-state index in [1.807, 2.05) is 0 Å². The van der Waals surface area contributed by atoms with Crippen LogP contribution in [-0.4, -0.2) is 66.8 Å². The van der Waals surface area contributed by atoms with Crippen LogP contribution in [0, 0.1) is 0 Å². The van der Waals surface area contributed by atoms with Gasteiger partial charge in [0.15, 0.2) is 16.9 Å². The molecule has 0 saturated carbocycles. The van der Waals surface area contributed by atoms with E-state index < -0.39 is 76.5 Å². The molecule has 1 saturated heterocycles. The van der Waals surface area contributed by atoms with Crippen molar-refractivity contribution in [1.29, 1.82) is 0 Å². The highest BCUT2D eigenvalue weighted by molar-refractivity contribution is 5.95. The van der Waals surface area contributed by atoms with Crippen LogP contribution in [0.3, 0.4) is 0 Å². The lowest BCUT2D eigenvalue weighted by molar-refractivity contribution is -0.274. The summed E-state index contributed by atoms with van der Waals surface area (Å²) in [5, 5.41) is 81.4. The summed E-state index contributed by atoms with van der Waals surface area (Å²) in [4.78, 5) is 12.9. The molecule has 11 nitrogen and oxygen atoms in total. The van der Waals surface area contributed by atoms with Gasteiger partial charge in [-0.25, -0.2) is 0 Å². The van der Waals surface area contributed by atoms with E-state index in [0.29, 0.717) is 0 Å². The molecule has 2 aromatic carbocycles. The Labute approximate surface area is 166 Å². The highest BCUT2D eigenvalue weighted by atomic mass is 16.5. The third kappa shape index (κ3) is 2.83. The number of aliphatic hydroxyl groups excluding tert-OH is 4. The van der Waals surface area contributed by atoms with Crippen LogP contribution in [0.4, 0.5) is 0 Å². The van der Waals surface area contributed by atoms with Gasteiger partial charge in [0.1, 0.15) is 47.4 Å². The second-order valence-electron chi connectivity index (χ2n) is 7.03. The molecule has 7 N–H and O–H groups in total. The zero-order chi connectivity index (χ0) is 21.9. The Morgan fingerprint density at radius 2 is 1.53 bits per heavy atom. The molecule has 1 fully saturated rings. The van der Waals surface area contributed by atoms with Crippen LogP contribution in [0.2, 0.25) is 0 Å². The lowest BCUT2D eigenvalue weighted by Crippen LogP contribution is -2.55. The molecular weight excluding hydrogens is 404 g/mol. The van der Waals surface area contributed by atoms with E-state index in [1.165, 1.54) is 0 Å². The van der Waals surface area contributed by atoms with Crippen molar-refractivity contribution in [2.75, 3.05) is 6.61 Å². The van der Waals surface area contributed by atoms with Crippen molar-refractivity contribution in [2.24, 2.45) is 0 Å². The van der Waals surface area contributed by atoms with Gasteiger partial charge in [0.25, 0.3) is 0 Å².